The molecule has 0 spiro atoms. The number of fused-ring (bicyclic) bond motifs is 1. The Balaban J connectivity index is 1.52. The van der Waals surface area contributed by atoms with E-state index in [9.17, 15) is 4.79 Å². The van der Waals surface area contributed by atoms with E-state index in [1.54, 1.807) is 35.1 Å². The number of aromatic amines is 1. The maximum Gasteiger partial charge on any atom is 0.266 e. The molecule has 1 saturated heterocycles. The zero-order chi connectivity index (χ0) is 16.5. The number of hydrogen-bond acceptors (Lipinski definition) is 5. The molecule has 3 heterocycles. The van der Waals surface area contributed by atoms with Crippen LogP contribution < -0.4 is 5.32 Å². The third-order valence-electron chi connectivity index (χ3n) is 4.10. The van der Waals surface area contributed by atoms with Gasteiger partial charge < -0.3 is 19.5 Å². The second kappa shape index (κ2) is 6.21. The highest BCUT2D eigenvalue weighted by Gasteiger charge is 2.18. The van der Waals surface area contributed by atoms with E-state index < -0.39 is 0 Å². The molecule has 0 bridgehead atoms. The Kier molecular flexibility index (Phi) is 3.91. The van der Waals surface area contributed by atoms with Crippen LogP contribution in [0.1, 0.15) is 16.8 Å². The van der Waals surface area contributed by atoms with Crippen LogP contribution in [0.3, 0.4) is 0 Å². The van der Waals surface area contributed by atoms with Gasteiger partial charge in [-0.05, 0) is 36.8 Å². The van der Waals surface area contributed by atoms with Crippen molar-refractivity contribution in [3.05, 3.63) is 40.9 Å². The van der Waals surface area contributed by atoms with E-state index in [4.69, 9.17) is 21.4 Å². The number of anilines is 1. The summed E-state index contributed by atoms with van der Waals surface area (Å²) in [6, 6.07) is 6.96. The number of nitrogens with zero attached hydrogens (tertiary/aromatic N) is 2. The van der Waals surface area contributed by atoms with Gasteiger partial charge in [0.25, 0.3) is 10.7 Å². The van der Waals surface area contributed by atoms with Crippen molar-refractivity contribution in [2.45, 2.75) is 13.0 Å². The molecule has 1 fully saturated rings. The summed E-state index contributed by atoms with van der Waals surface area (Å²) >= 11 is 4.96. The highest BCUT2D eigenvalue weighted by molar-refractivity contribution is 7.71. The Morgan fingerprint density at radius 1 is 1.46 bits per heavy atom. The maximum atomic E-state index is 12.5. The molecule has 1 atom stereocenters. The third-order valence-corrected chi connectivity index (χ3v) is 4.28. The van der Waals surface area contributed by atoms with Crippen LogP contribution in [0.4, 0.5) is 5.82 Å². The van der Waals surface area contributed by atoms with Gasteiger partial charge >= 0.3 is 0 Å². The molecule has 1 amide bonds. The lowest BCUT2D eigenvalue weighted by Gasteiger charge is -2.12. The van der Waals surface area contributed by atoms with E-state index >= 15 is 0 Å². The van der Waals surface area contributed by atoms with Crippen molar-refractivity contribution in [3.8, 4) is 0 Å². The second-order valence-electron chi connectivity index (χ2n) is 5.81. The largest absolute Gasteiger partial charge is 0.429 e. The molecular formula is C16H16N4O3S. The molecule has 0 unspecified atom stereocenters. The molecular weight excluding hydrogens is 328 g/mol. The summed E-state index contributed by atoms with van der Waals surface area (Å²) in [4.78, 5) is 15.7. The monoisotopic (exact) mass is 344 g/mol. The molecule has 3 aromatic rings. The van der Waals surface area contributed by atoms with E-state index in [1.807, 2.05) is 0 Å². The molecule has 8 heteroatoms. The zero-order valence-corrected chi connectivity index (χ0v) is 13.6. The number of H-pyrrole nitrogens is 1. The van der Waals surface area contributed by atoms with E-state index in [0.29, 0.717) is 27.7 Å². The van der Waals surface area contributed by atoms with Gasteiger partial charge in [-0.2, -0.15) is 5.10 Å². The highest BCUT2D eigenvalue weighted by atomic mass is 32.1. The molecule has 2 aromatic heterocycles. The van der Waals surface area contributed by atoms with Crippen molar-refractivity contribution in [2.75, 3.05) is 18.5 Å². The number of ether oxygens (including phenoxy) is 1. The number of carbonyl (C=O) groups is 1. The van der Waals surface area contributed by atoms with Crippen molar-refractivity contribution in [1.29, 1.82) is 0 Å². The number of hydrogen-bond donors (Lipinski definition) is 2. The number of carbonyl (C=O) groups excluding carboxylic acids is 1. The topological polar surface area (TPSA) is 85.1 Å². The van der Waals surface area contributed by atoms with Crippen molar-refractivity contribution < 1.29 is 13.9 Å². The Morgan fingerprint density at radius 3 is 3.21 bits per heavy atom. The lowest BCUT2D eigenvalue weighted by atomic mass is 10.1. The van der Waals surface area contributed by atoms with Crippen LogP contribution in [0.5, 0.6) is 0 Å². The molecule has 0 saturated carbocycles. The van der Waals surface area contributed by atoms with Crippen LogP contribution in [-0.4, -0.2) is 33.9 Å². The maximum absolute atomic E-state index is 12.5. The SMILES string of the molecule is O=C(Nc1ccnn1C[C@@H]1CCOC1)c1ccc2[nH]c(=S)oc2c1. The minimum atomic E-state index is -0.219. The Morgan fingerprint density at radius 2 is 2.38 bits per heavy atom. The van der Waals surface area contributed by atoms with Crippen molar-refractivity contribution in [1.82, 2.24) is 14.8 Å². The number of nitrogens with one attached hydrogen (secondary N) is 2. The van der Waals surface area contributed by atoms with E-state index in [0.717, 1.165) is 31.7 Å². The first kappa shape index (κ1) is 15.1. The molecule has 4 rings (SSSR count). The standard InChI is InChI=1S/C16H16N4O3S/c21-15(11-1-2-12-13(7-11)23-16(24)18-12)19-14-3-5-17-20(14)8-10-4-6-22-9-10/h1-3,5,7,10H,4,6,8-9H2,(H,18,24)(H,19,21)/t10-/m0/s1. The highest BCUT2D eigenvalue weighted by Crippen LogP contribution is 2.19. The van der Waals surface area contributed by atoms with Crippen LogP contribution in [0, 0.1) is 10.8 Å². The van der Waals surface area contributed by atoms with Gasteiger partial charge in [0.1, 0.15) is 5.82 Å². The van der Waals surface area contributed by atoms with Crippen LogP contribution in [0.15, 0.2) is 34.9 Å². The molecule has 1 aromatic carbocycles. The number of aromatic nitrogens is 3. The number of amides is 1. The fraction of sp³-hybridized carbons (Fsp3) is 0.312. The third kappa shape index (κ3) is 2.98. The van der Waals surface area contributed by atoms with Gasteiger partial charge in [0, 0.05) is 30.7 Å². The molecule has 0 radical (unpaired) electrons. The lowest BCUT2D eigenvalue weighted by Crippen LogP contribution is -2.18. The summed E-state index contributed by atoms with van der Waals surface area (Å²) in [5, 5.41) is 7.18. The van der Waals surface area contributed by atoms with Gasteiger partial charge in [0.15, 0.2) is 5.58 Å². The first-order valence-corrected chi connectivity index (χ1v) is 8.13. The number of rotatable bonds is 4. The van der Waals surface area contributed by atoms with E-state index in [1.165, 1.54) is 0 Å². The van der Waals surface area contributed by atoms with Gasteiger partial charge in [-0.3, -0.25) is 4.79 Å². The first-order valence-electron chi connectivity index (χ1n) is 7.73. The fourth-order valence-electron chi connectivity index (χ4n) is 2.83. The van der Waals surface area contributed by atoms with Crippen LogP contribution in [0.2, 0.25) is 0 Å². The average molecular weight is 344 g/mol. The van der Waals surface area contributed by atoms with Gasteiger partial charge in [-0.25, -0.2) is 4.68 Å². The summed E-state index contributed by atoms with van der Waals surface area (Å²) in [7, 11) is 0. The summed E-state index contributed by atoms with van der Waals surface area (Å²) in [6.07, 6.45) is 2.70. The van der Waals surface area contributed by atoms with Gasteiger partial charge in [0.2, 0.25) is 0 Å². The zero-order valence-electron chi connectivity index (χ0n) is 12.8. The molecule has 1 aliphatic heterocycles. The van der Waals surface area contributed by atoms with E-state index in [2.05, 4.69) is 15.4 Å². The second-order valence-corrected chi connectivity index (χ2v) is 6.18. The van der Waals surface area contributed by atoms with Crippen LogP contribution >= 0.6 is 12.2 Å². The van der Waals surface area contributed by atoms with Crippen LogP contribution in [-0.2, 0) is 11.3 Å². The summed E-state index contributed by atoms with van der Waals surface area (Å²) in [5.74, 6) is 0.881. The fourth-order valence-corrected chi connectivity index (χ4v) is 3.03. The van der Waals surface area contributed by atoms with Gasteiger partial charge in [0.05, 0.1) is 18.3 Å². The molecule has 2 N–H and O–H groups in total. The van der Waals surface area contributed by atoms with E-state index in [-0.39, 0.29) is 5.91 Å². The van der Waals surface area contributed by atoms with Crippen molar-refractivity contribution >= 4 is 35.0 Å². The Labute approximate surface area is 142 Å². The summed E-state index contributed by atoms with van der Waals surface area (Å²) in [6.45, 7) is 2.26. The van der Waals surface area contributed by atoms with Crippen LogP contribution in [0.25, 0.3) is 11.1 Å². The average Bonchev–Trinajstić information content (AvgIpc) is 3.28. The predicted octanol–water partition coefficient (Wildman–Crippen LogP) is 2.98. The number of benzene rings is 1. The van der Waals surface area contributed by atoms with Crippen molar-refractivity contribution in [3.63, 3.8) is 0 Å². The normalized spacial score (nSPS) is 17.4. The summed E-state index contributed by atoms with van der Waals surface area (Å²) in [5.41, 5.74) is 1.82. The molecule has 24 heavy (non-hydrogen) atoms. The van der Waals surface area contributed by atoms with Crippen molar-refractivity contribution in [2.24, 2.45) is 5.92 Å². The van der Waals surface area contributed by atoms with Gasteiger partial charge in [-0.15, -0.1) is 0 Å². The molecule has 7 nitrogen and oxygen atoms in total. The minimum Gasteiger partial charge on any atom is -0.429 e. The quantitative estimate of drug-likeness (QED) is 0.711. The first-order chi connectivity index (χ1) is 11.7. The Hall–Kier alpha value is -2.45. The summed E-state index contributed by atoms with van der Waals surface area (Å²) < 4.78 is 12.5. The molecule has 0 aliphatic carbocycles. The minimum absolute atomic E-state index is 0.219. The smallest absolute Gasteiger partial charge is 0.266 e. The number of oxazole rings is 1. The molecule has 124 valence electrons. The predicted molar refractivity (Wildman–Crippen MR) is 90.5 cm³/mol. The lowest BCUT2D eigenvalue weighted by molar-refractivity contribution is 0.102. The molecule has 1 aliphatic rings. The van der Waals surface area contributed by atoms with Gasteiger partial charge in [-0.1, -0.05) is 0 Å². The Bertz CT molecular complexity index is 936.